The lowest BCUT2D eigenvalue weighted by Crippen LogP contribution is -1.97. The summed E-state index contributed by atoms with van der Waals surface area (Å²) in [6, 6.07) is 45.1. The normalized spacial score (nSPS) is 11.9. The van der Waals surface area contributed by atoms with E-state index in [4.69, 9.17) is 12.6 Å². The predicted molar refractivity (Wildman–Crippen MR) is 178 cm³/mol. The van der Waals surface area contributed by atoms with Gasteiger partial charge < -0.3 is 0 Å². The van der Waals surface area contributed by atoms with Crippen LogP contribution in [0.15, 0.2) is 157 Å². The third kappa shape index (κ3) is 4.59. The summed E-state index contributed by atoms with van der Waals surface area (Å²) < 4.78 is 0. The van der Waals surface area contributed by atoms with Gasteiger partial charge in [0.1, 0.15) is 0 Å². The van der Waals surface area contributed by atoms with E-state index in [1.54, 1.807) is 0 Å². The Morgan fingerprint density at radius 1 is 0.600 bits per heavy atom. The van der Waals surface area contributed by atoms with Crippen LogP contribution in [0.1, 0.15) is 18.1 Å². The highest BCUT2D eigenvalue weighted by Gasteiger charge is 2.21. The largest absolute Gasteiger partial charge is 0.143 e. The first-order chi connectivity index (χ1) is 19.7. The van der Waals surface area contributed by atoms with Crippen LogP contribution in [0.5, 0.6) is 0 Å². The van der Waals surface area contributed by atoms with Crippen LogP contribution in [-0.2, 0) is 0 Å². The van der Waals surface area contributed by atoms with E-state index >= 15 is 0 Å². The van der Waals surface area contributed by atoms with Gasteiger partial charge in [-0.3, -0.25) is 0 Å². The molecule has 0 N–H and O–H groups in total. The van der Waals surface area contributed by atoms with E-state index in [-0.39, 0.29) is 0 Å². The molecule has 0 aromatic heterocycles. The SMILES string of the molecule is C=C(/C(=C\C=C/C)c1c2ccccc2c(-c2ccccc2-c2ccccc2)c2ccccc12)c1ccccc1S. The highest BCUT2D eigenvalue weighted by atomic mass is 32.1. The van der Waals surface area contributed by atoms with Crippen LogP contribution >= 0.6 is 12.6 Å². The van der Waals surface area contributed by atoms with Gasteiger partial charge in [-0.25, -0.2) is 0 Å². The maximum atomic E-state index is 4.79. The molecule has 6 aromatic carbocycles. The maximum absolute atomic E-state index is 4.79. The van der Waals surface area contributed by atoms with Crippen LogP contribution in [0.4, 0.5) is 0 Å². The fraction of sp³-hybridized carbons (Fsp3) is 0.0256. The summed E-state index contributed by atoms with van der Waals surface area (Å²) in [7, 11) is 0. The van der Waals surface area contributed by atoms with Crippen LogP contribution in [0.25, 0.3) is 54.9 Å². The summed E-state index contributed by atoms with van der Waals surface area (Å²) in [5, 5.41) is 4.84. The maximum Gasteiger partial charge on any atom is 0.0119 e. The van der Waals surface area contributed by atoms with Crippen molar-refractivity contribution in [1.82, 2.24) is 0 Å². The fourth-order valence-corrected chi connectivity index (χ4v) is 5.98. The van der Waals surface area contributed by atoms with Gasteiger partial charge in [0.2, 0.25) is 0 Å². The van der Waals surface area contributed by atoms with Crippen molar-refractivity contribution in [3.05, 3.63) is 163 Å². The second-order valence-electron chi connectivity index (χ2n) is 9.85. The van der Waals surface area contributed by atoms with E-state index in [1.165, 1.54) is 49.4 Å². The molecule has 6 aromatic rings. The van der Waals surface area contributed by atoms with Crippen molar-refractivity contribution in [1.29, 1.82) is 0 Å². The Morgan fingerprint density at radius 3 is 1.75 bits per heavy atom. The number of fused-ring (bicyclic) bond motifs is 2. The zero-order valence-corrected chi connectivity index (χ0v) is 23.4. The molecule has 0 atom stereocenters. The minimum atomic E-state index is 0.917. The number of rotatable bonds is 6. The minimum absolute atomic E-state index is 0.917. The molecule has 192 valence electrons. The highest BCUT2D eigenvalue weighted by molar-refractivity contribution is 7.80. The summed E-state index contributed by atoms with van der Waals surface area (Å²) in [5.41, 5.74) is 9.18. The predicted octanol–water partition coefficient (Wildman–Crippen LogP) is 11.3. The Labute approximate surface area is 242 Å². The topological polar surface area (TPSA) is 0 Å². The molecule has 0 heterocycles. The van der Waals surface area contributed by atoms with Gasteiger partial charge in [-0.05, 0) is 79.1 Å². The number of hydrogen-bond donors (Lipinski definition) is 1. The van der Waals surface area contributed by atoms with Crippen molar-refractivity contribution in [2.45, 2.75) is 11.8 Å². The summed E-state index contributed by atoms with van der Waals surface area (Å²) in [5.74, 6) is 0. The smallest absolute Gasteiger partial charge is 0.0119 e. The zero-order valence-electron chi connectivity index (χ0n) is 22.5. The third-order valence-corrected chi connectivity index (χ3v) is 7.88. The van der Waals surface area contributed by atoms with Crippen molar-refractivity contribution < 1.29 is 0 Å². The molecule has 0 bridgehead atoms. The van der Waals surface area contributed by atoms with E-state index < -0.39 is 0 Å². The molecule has 0 spiro atoms. The molecule has 0 aliphatic rings. The van der Waals surface area contributed by atoms with Crippen molar-refractivity contribution in [3.63, 3.8) is 0 Å². The van der Waals surface area contributed by atoms with Crippen LogP contribution in [-0.4, -0.2) is 0 Å². The Bertz CT molecular complexity index is 1870. The minimum Gasteiger partial charge on any atom is -0.143 e. The van der Waals surface area contributed by atoms with Crippen LogP contribution in [0.3, 0.4) is 0 Å². The molecule has 6 rings (SSSR count). The lowest BCUT2D eigenvalue weighted by molar-refractivity contribution is 1.42. The monoisotopic (exact) mass is 530 g/mol. The Hall–Kier alpha value is -4.59. The lowest BCUT2D eigenvalue weighted by atomic mass is 9.81. The van der Waals surface area contributed by atoms with Gasteiger partial charge in [-0.1, -0.05) is 146 Å². The van der Waals surface area contributed by atoms with E-state index in [0.717, 1.165) is 21.6 Å². The van der Waals surface area contributed by atoms with Crippen molar-refractivity contribution in [2.24, 2.45) is 0 Å². The first-order valence-electron chi connectivity index (χ1n) is 13.6. The van der Waals surface area contributed by atoms with Crippen LogP contribution in [0.2, 0.25) is 0 Å². The van der Waals surface area contributed by atoms with Crippen LogP contribution < -0.4 is 0 Å². The highest BCUT2D eigenvalue weighted by Crippen LogP contribution is 2.47. The Morgan fingerprint density at radius 2 is 1.12 bits per heavy atom. The molecule has 40 heavy (non-hydrogen) atoms. The second kappa shape index (κ2) is 11.3. The average molecular weight is 531 g/mol. The standard InChI is InChI=1S/C39H30S/c1-3-4-18-30(27(2)29-19-14-15-26-37(29)40)38-33-22-10-12-24-35(33)39(36-25-13-11-23-34(36)38)32-21-9-8-20-31(32)28-16-6-5-7-17-28/h3-26,40H,2H2,1H3/b4-3-,30-18+. The molecule has 0 unspecified atom stereocenters. The third-order valence-electron chi connectivity index (χ3n) is 7.49. The molecule has 0 fully saturated rings. The molecule has 0 amide bonds. The molecule has 0 saturated carbocycles. The van der Waals surface area contributed by atoms with Crippen molar-refractivity contribution >= 4 is 45.3 Å². The molecule has 0 radical (unpaired) electrons. The molecule has 0 nitrogen and oxygen atoms in total. The van der Waals surface area contributed by atoms with Crippen molar-refractivity contribution in [3.8, 4) is 22.3 Å². The first kappa shape index (κ1) is 25.7. The van der Waals surface area contributed by atoms with Gasteiger partial charge in [0.15, 0.2) is 0 Å². The summed E-state index contributed by atoms with van der Waals surface area (Å²) >= 11 is 4.79. The van der Waals surface area contributed by atoms with E-state index in [9.17, 15) is 0 Å². The Kier molecular flexibility index (Phi) is 7.23. The quantitative estimate of drug-likeness (QED) is 0.124. The Balaban J connectivity index is 1.72. The van der Waals surface area contributed by atoms with Gasteiger partial charge in [0, 0.05) is 4.90 Å². The lowest BCUT2D eigenvalue weighted by Gasteiger charge is -2.22. The fourth-order valence-electron chi connectivity index (χ4n) is 5.68. The van der Waals surface area contributed by atoms with E-state index in [0.29, 0.717) is 0 Å². The van der Waals surface area contributed by atoms with Crippen LogP contribution in [0, 0.1) is 0 Å². The number of hydrogen-bond acceptors (Lipinski definition) is 1. The molecule has 0 aliphatic carbocycles. The number of thiol groups is 1. The second-order valence-corrected chi connectivity index (χ2v) is 10.3. The van der Waals surface area contributed by atoms with E-state index in [2.05, 4.69) is 134 Å². The van der Waals surface area contributed by atoms with Gasteiger partial charge in [-0.15, -0.1) is 12.6 Å². The summed E-state index contributed by atoms with van der Waals surface area (Å²) in [6.07, 6.45) is 6.35. The molecule has 0 saturated heterocycles. The van der Waals surface area contributed by atoms with Gasteiger partial charge in [-0.2, -0.15) is 0 Å². The first-order valence-corrected chi connectivity index (χ1v) is 14.0. The van der Waals surface area contributed by atoms with Gasteiger partial charge >= 0.3 is 0 Å². The number of benzene rings is 6. The molecule has 1 heteroatoms. The zero-order chi connectivity index (χ0) is 27.5. The number of allylic oxidation sites excluding steroid dienone is 5. The van der Waals surface area contributed by atoms with Crippen molar-refractivity contribution in [2.75, 3.05) is 0 Å². The molecular weight excluding hydrogens is 500 g/mol. The van der Waals surface area contributed by atoms with Gasteiger partial charge in [0.25, 0.3) is 0 Å². The molecule has 0 aliphatic heterocycles. The molecular formula is C39H30S. The van der Waals surface area contributed by atoms with E-state index in [1.807, 2.05) is 25.1 Å². The van der Waals surface area contributed by atoms with Gasteiger partial charge in [0.05, 0.1) is 0 Å². The average Bonchev–Trinajstić information content (AvgIpc) is 3.01. The summed E-state index contributed by atoms with van der Waals surface area (Å²) in [6.45, 7) is 6.66. The summed E-state index contributed by atoms with van der Waals surface area (Å²) in [4.78, 5) is 0.917.